The second-order valence-electron chi connectivity index (χ2n) is 5.62. The molecule has 0 atom stereocenters. The van der Waals surface area contributed by atoms with Crippen molar-refractivity contribution in [3.63, 3.8) is 0 Å². The predicted octanol–water partition coefficient (Wildman–Crippen LogP) is 5.67. The number of carbonyl (C=O) groups excluding carboxylic acids is 1. The quantitative estimate of drug-likeness (QED) is 0.578. The van der Waals surface area contributed by atoms with Crippen LogP contribution in [0.2, 0.25) is 0 Å². The van der Waals surface area contributed by atoms with Gasteiger partial charge in [-0.25, -0.2) is 8.78 Å². The summed E-state index contributed by atoms with van der Waals surface area (Å²) in [6.07, 6.45) is -2.98. The lowest BCUT2D eigenvalue weighted by atomic mass is 10.0. The maximum atomic E-state index is 13.6. The second-order valence-corrected chi connectivity index (χ2v) is 6.71. The minimum Gasteiger partial charge on any atom is -0.316 e. The largest absolute Gasteiger partial charge is 0.416 e. The average molecular weight is 398 g/mol. The van der Waals surface area contributed by atoms with Gasteiger partial charge in [0.15, 0.2) is 11.6 Å². The van der Waals surface area contributed by atoms with Crippen LogP contribution in [0.4, 0.5) is 27.6 Å². The van der Waals surface area contributed by atoms with Crippen LogP contribution in [0.3, 0.4) is 0 Å². The lowest BCUT2D eigenvalue weighted by molar-refractivity contribution is -0.137. The van der Waals surface area contributed by atoms with Crippen molar-refractivity contribution >= 4 is 22.9 Å². The number of rotatable bonds is 3. The summed E-state index contributed by atoms with van der Waals surface area (Å²) in [7, 11) is 0. The summed E-state index contributed by atoms with van der Waals surface area (Å²) >= 11 is 0.919. The first kappa shape index (κ1) is 19.0. The predicted molar refractivity (Wildman–Crippen MR) is 91.6 cm³/mol. The molecular formula is C18H11F5N2OS. The number of nitrogens with one attached hydrogen (secondary N) is 1. The van der Waals surface area contributed by atoms with Crippen molar-refractivity contribution in [2.24, 2.45) is 0 Å². The summed E-state index contributed by atoms with van der Waals surface area (Å²) in [5.74, 6) is -2.84. The van der Waals surface area contributed by atoms with Crippen molar-refractivity contribution in [1.29, 1.82) is 0 Å². The molecule has 0 aliphatic heterocycles. The number of pyridine rings is 1. The highest BCUT2D eigenvalue weighted by atomic mass is 32.1. The number of carbonyl (C=O) groups is 1. The Kier molecular flexibility index (Phi) is 4.97. The summed E-state index contributed by atoms with van der Waals surface area (Å²) in [6.45, 7) is 1.65. The number of hydrogen-bond donors (Lipinski definition) is 1. The molecule has 2 aromatic heterocycles. The Morgan fingerprint density at radius 3 is 2.37 bits per heavy atom. The van der Waals surface area contributed by atoms with E-state index in [9.17, 15) is 26.7 Å². The number of aromatic nitrogens is 1. The maximum absolute atomic E-state index is 13.6. The van der Waals surface area contributed by atoms with Crippen LogP contribution in [-0.2, 0) is 6.18 Å². The molecule has 0 saturated carbocycles. The van der Waals surface area contributed by atoms with E-state index in [0.717, 1.165) is 35.9 Å². The van der Waals surface area contributed by atoms with E-state index in [1.807, 2.05) is 0 Å². The Labute approximate surface area is 154 Å². The van der Waals surface area contributed by atoms with Crippen molar-refractivity contribution in [2.45, 2.75) is 13.1 Å². The number of thiophene rings is 1. The smallest absolute Gasteiger partial charge is 0.316 e. The monoisotopic (exact) mass is 398 g/mol. The average Bonchev–Trinajstić information content (AvgIpc) is 3.07. The van der Waals surface area contributed by atoms with Crippen LogP contribution < -0.4 is 5.32 Å². The molecule has 3 nitrogen and oxygen atoms in total. The van der Waals surface area contributed by atoms with Crippen molar-refractivity contribution in [3.8, 4) is 10.4 Å². The topological polar surface area (TPSA) is 42.0 Å². The Balaban J connectivity index is 1.90. The molecule has 9 heteroatoms. The lowest BCUT2D eigenvalue weighted by Gasteiger charge is -2.10. The molecule has 0 aliphatic carbocycles. The molecule has 3 rings (SSSR count). The Bertz CT molecular complexity index is 993. The molecule has 0 aliphatic rings. The molecule has 3 aromatic rings. The summed E-state index contributed by atoms with van der Waals surface area (Å²) in [4.78, 5) is 16.1. The van der Waals surface area contributed by atoms with Crippen molar-refractivity contribution in [2.75, 3.05) is 5.32 Å². The highest BCUT2D eigenvalue weighted by Crippen LogP contribution is 2.36. The van der Waals surface area contributed by atoms with E-state index >= 15 is 0 Å². The number of hydrogen-bond acceptors (Lipinski definition) is 3. The van der Waals surface area contributed by atoms with Gasteiger partial charge >= 0.3 is 6.18 Å². The summed E-state index contributed by atoms with van der Waals surface area (Å²) in [5, 5.41) is 2.11. The summed E-state index contributed by atoms with van der Waals surface area (Å²) < 4.78 is 66.0. The van der Waals surface area contributed by atoms with E-state index in [4.69, 9.17) is 0 Å². The fourth-order valence-electron chi connectivity index (χ4n) is 2.37. The van der Waals surface area contributed by atoms with Gasteiger partial charge < -0.3 is 5.32 Å². The molecule has 1 amide bonds. The normalized spacial score (nSPS) is 11.5. The van der Waals surface area contributed by atoms with Crippen LogP contribution in [0.25, 0.3) is 10.4 Å². The first-order chi connectivity index (χ1) is 12.7. The standard InChI is InChI=1S/C18H11F5N2OS/c1-9-2-3-10(18(21,22)23)6-11(9)14-4-5-15(27-14)17(26)25-16-12(19)7-24-8-13(16)20/h2-8H,1H3,(H,24,25,26). The zero-order valence-electron chi connectivity index (χ0n) is 13.7. The van der Waals surface area contributed by atoms with E-state index in [0.29, 0.717) is 16.0 Å². The molecule has 0 saturated heterocycles. The van der Waals surface area contributed by atoms with Crippen molar-refractivity contribution in [1.82, 2.24) is 4.98 Å². The third-order valence-corrected chi connectivity index (χ3v) is 4.87. The van der Waals surface area contributed by atoms with Gasteiger partial charge in [0.25, 0.3) is 5.91 Å². The fraction of sp³-hybridized carbons (Fsp3) is 0.111. The molecule has 0 fully saturated rings. The van der Waals surface area contributed by atoms with Crippen LogP contribution in [0.15, 0.2) is 42.7 Å². The van der Waals surface area contributed by atoms with Crippen LogP contribution in [0.1, 0.15) is 20.8 Å². The first-order valence-electron chi connectivity index (χ1n) is 7.55. The first-order valence-corrected chi connectivity index (χ1v) is 8.37. The van der Waals surface area contributed by atoms with Crippen molar-refractivity contribution in [3.05, 3.63) is 70.4 Å². The van der Waals surface area contributed by atoms with E-state index in [-0.39, 0.29) is 4.88 Å². The van der Waals surface area contributed by atoms with E-state index in [2.05, 4.69) is 10.3 Å². The number of halogens is 5. The van der Waals surface area contributed by atoms with Gasteiger partial charge in [-0.05, 0) is 42.3 Å². The molecule has 140 valence electrons. The fourth-order valence-corrected chi connectivity index (χ4v) is 3.36. The molecule has 0 unspecified atom stereocenters. The second kappa shape index (κ2) is 7.07. The number of nitrogens with zero attached hydrogens (tertiary/aromatic N) is 1. The van der Waals surface area contributed by atoms with Gasteiger partial charge in [-0.15, -0.1) is 11.3 Å². The van der Waals surface area contributed by atoms with Gasteiger partial charge in [-0.2, -0.15) is 13.2 Å². The third kappa shape index (κ3) is 3.97. The number of benzene rings is 1. The zero-order chi connectivity index (χ0) is 19.8. The Morgan fingerprint density at radius 2 is 1.74 bits per heavy atom. The van der Waals surface area contributed by atoms with Crippen LogP contribution in [0.5, 0.6) is 0 Å². The Morgan fingerprint density at radius 1 is 1.07 bits per heavy atom. The maximum Gasteiger partial charge on any atom is 0.416 e. The molecule has 2 heterocycles. The molecule has 27 heavy (non-hydrogen) atoms. The van der Waals surface area contributed by atoms with Gasteiger partial charge in [0, 0.05) is 4.88 Å². The zero-order valence-corrected chi connectivity index (χ0v) is 14.5. The van der Waals surface area contributed by atoms with Gasteiger partial charge in [0.2, 0.25) is 0 Å². The minimum atomic E-state index is -4.49. The van der Waals surface area contributed by atoms with Crippen molar-refractivity contribution < 1.29 is 26.7 Å². The molecule has 1 aromatic carbocycles. The summed E-state index contributed by atoms with van der Waals surface area (Å²) in [5.41, 5.74) is -0.512. The van der Waals surface area contributed by atoms with Gasteiger partial charge in [-0.3, -0.25) is 9.78 Å². The molecule has 0 bridgehead atoms. The number of aryl methyl sites for hydroxylation is 1. The SMILES string of the molecule is Cc1ccc(C(F)(F)F)cc1-c1ccc(C(=O)Nc2c(F)cncc2F)s1. The van der Waals surface area contributed by atoms with Gasteiger partial charge in [-0.1, -0.05) is 6.07 Å². The lowest BCUT2D eigenvalue weighted by Crippen LogP contribution is -2.13. The number of anilines is 1. The number of alkyl halides is 3. The number of amides is 1. The minimum absolute atomic E-state index is 0.0948. The molecule has 0 radical (unpaired) electrons. The molecular weight excluding hydrogens is 387 g/mol. The van der Waals surface area contributed by atoms with Gasteiger partial charge in [0.1, 0.15) is 5.69 Å². The van der Waals surface area contributed by atoms with Gasteiger partial charge in [0.05, 0.1) is 22.8 Å². The molecule has 1 N–H and O–H groups in total. The van der Waals surface area contributed by atoms with Crippen LogP contribution in [0, 0.1) is 18.6 Å². The summed E-state index contributed by atoms with van der Waals surface area (Å²) in [6, 6.07) is 6.20. The van der Waals surface area contributed by atoms with E-state index in [1.165, 1.54) is 18.2 Å². The third-order valence-electron chi connectivity index (χ3n) is 3.75. The molecule has 0 spiro atoms. The Hall–Kier alpha value is -2.81. The highest BCUT2D eigenvalue weighted by molar-refractivity contribution is 7.17. The van der Waals surface area contributed by atoms with E-state index < -0.39 is 35.0 Å². The van der Waals surface area contributed by atoms with Crippen LogP contribution >= 0.6 is 11.3 Å². The van der Waals surface area contributed by atoms with Crippen LogP contribution in [-0.4, -0.2) is 10.9 Å². The van der Waals surface area contributed by atoms with E-state index in [1.54, 1.807) is 6.92 Å². The highest BCUT2D eigenvalue weighted by Gasteiger charge is 2.31.